The van der Waals surface area contributed by atoms with Crippen molar-refractivity contribution in [3.05, 3.63) is 0 Å². The van der Waals surface area contributed by atoms with Crippen LogP contribution in [0.2, 0.25) is 0 Å². The van der Waals surface area contributed by atoms with Crippen LogP contribution in [0.3, 0.4) is 0 Å². The van der Waals surface area contributed by atoms with Crippen molar-refractivity contribution < 1.29 is 10.2 Å². The molecule has 1 unspecified atom stereocenters. The van der Waals surface area contributed by atoms with Crippen LogP contribution in [0.5, 0.6) is 0 Å². The van der Waals surface area contributed by atoms with Crippen LogP contribution in [0.1, 0.15) is 46.0 Å². The van der Waals surface area contributed by atoms with E-state index in [-0.39, 0.29) is 6.61 Å². The monoisotopic (exact) mass is 215 g/mol. The first-order chi connectivity index (χ1) is 7.07. The van der Waals surface area contributed by atoms with E-state index in [9.17, 15) is 5.11 Å². The minimum Gasteiger partial charge on any atom is -0.393 e. The number of rotatable bonds is 5. The molecule has 0 amide bonds. The predicted octanol–water partition coefficient (Wildman–Crippen LogP) is 1.29. The van der Waals surface area contributed by atoms with Crippen LogP contribution in [0.25, 0.3) is 0 Å². The van der Waals surface area contributed by atoms with Crippen LogP contribution < -0.4 is 5.32 Å². The SMILES string of the molecule is CCC1CCC(NCC(C)(O)CO)CC1. The zero-order valence-corrected chi connectivity index (χ0v) is 10.00. The molecule has 0 saturated heterocycles. The number of aliphatic hydroxyl groups excluding tert-OH is 1. The second kappa shape index (κ2) is 5.83. The normalized spacial score (nSPS) is 31.2. The van der Waals surface area contributed by atoms with Gasteiger partial charge in [-0.05, 0) is 38.5 Å². The van der Waals surface area contributed by atoms with Crippen LogP contribution >= 0.6 is 0 Å². The third-order valence-electron chi connectivity index (χ3n) is 3.54. The molecule has 90 valence electrons. The highest BCUT2D eigenvalue weighted by Gasteiger charge is 2.23. The van der Waals surface area contributed by atoms with Crippen molar-refractivity contribution in [1.82, 2.24) is 5.32 Å². The lowest BCUT2D eigenvalue weighted by molar-refractivity contribution is -0.000485. The van der Waals surface area contributed by atoms with Crippen molar-refractivity contribution in [3.63, 3.8) is 0 Å². The van der Waals surface area contributed by atoms with Crippen LogP contribution in [0.15, 0.2) is 0 Å². The fourth-order valence-corrected chi connectivity index (χ4v) is 2.19. The zero-order chi connectivity index (χ0) is 11.3. The van der Waals surface area contributed by atoms with Crippen molar-refractivity contribution in [2.45, 2.75) is 57.6 Å². The Morgan fingerprint density at radius 1 is 1.27 bits per heavy atom. The Morgan fingerprint density at radius 2 is 1.87 bits per heavy atom. The summed E-state index contributed by atoms with van der Waals surface area (Å²) in [7, 11) is 0. The van der Waals surface area contributed by atoms with E-state index in [0.717, 1.165) is 5.92 Å². The molecule has 15 heavy (non-hydrogen) atoms. The molecule has 3 nitrogen and oxygen atoms in total. The molecular formula is C12H25NO2. The molecule has 0 spiro atoms. The molecule has 1 rings (SSSR count). The molecule has 1 fully saturated rings. The maximum absolute atomic E-state index is 9.64. The van der Waals surface area contributed by atoms with Gasteiger partial charge in [-0.3, -0.25) is 0 Å². The summed E-state index contributed by atoms with van der Waals surface area (Å²) < 4.78 is 0. The quantitative estimate of drug-likeness (QED) is 0.648. The first-order valence-electron chi connectivity index (χ1n) is 6.14. The van der Waals surface area contributed by atoms with E-state index < -0.39 is 5.60 Å². The van der Waals surface area contributed by atoms with E-state index in [2.05, 4.69) is 12.2 Å². The van der Waals surface area contributed by atoms with E-state index in [1.54, 1.807) is 6.92 Å². The Morgan fingerprint density at radius 3 is 2.33 bits per heavy atom. The van der Waals surface area contributed by atoms with Gasteiger partial charge in [0.2, 0.25) is 0 Å². The largest absolute Gasteiger partial charge is 0.393 e. The lowest BCUT2D eigenvalue weighted by atomic mass is 9.84. The molecule has 0 bridgehead atoms. The number of nitrogens with one attached hydrogen (secondary N) is 1. The van der Waals surface area contributed by atoms with Gasteiger partial charge in [0.15, 0.2) is 0 Å². The van der Waals surface area contributed by atoms with Gasteiger partial charge in [-0.2, -0.15) is 0 Å². The molecule has 3 heteroatoms. The Balaban J connectivity index is 2.19. The second-order valence-electron chi connectivity index (χ2n) is 5.16. The van der Waals surface area contributed by atoms with E-state index in [0.29, 0.717) is 12.6 Å². The van der Waals surface area contributed by atoms with Crippen molar-refractivity contribution in [3.8, 4) is 0 Å². The fraction of sp³-hybridized carbons (Fsp3) is 1.00. The van der Waals surface area contributed by atoms with Crippen molar-refractivity contribution >= 4 is 0 Å². The van der Waals surface area contributed by atoms with Crippen LogP contribution in [-0.4, -0.2) is 35.0 Å². The molecule has 0 heterocycles. The van der Waals surface area contributed by atoms with Gasteiger partial charge in [0, 0.05) is 12.6 Å². The summed E-state index contributed by atoms with van der Waals surface area (Å²) in [6, 6.07) is 0.533. The molecule has 0 aliphatic heterocycles. The van der Waals surface area contributed by atoms with Crippen LogP contribution in [0.4, 0.5) is 0 Å². The van der Waals surface area contributed by atoms with E-state index in [1.807, 2.05) is 0 Å². The minimum absolute atomic E-state index is 0.176. The summed E-state index contributed by atoms with van der Waals surface area (Å²) in [6.07, 6.45) is 6.31. The molecule has 3 N–H and O–H groups in total. The van der Waals surface area contributed by atoms with Crippen molar-refractivity contribution in [1.29, 1.82) is 0 Å². The number of hydrogen-bond acceptors (Lipinski definition) is 3. The Bertz CT molecular complexity index is 174. The van der Waals surface area contributed by atoms with E-state index in [4.69, 9.17) is 5.11 Å². The van der Waals surface area contributed by atoms with Gasteiger partial charge in [-0.25, -0.2) is 0 Å². The molecular weight excluding hydrogens is 190 g/mol. The average molecular weight is 215 g/mol. The minimum atomic E-state index is -0.971. The van der Waals surface area contributed by atoms with Gasteiger partial charge in [0.1, 0.15) is 0 Å². The fourth-order valence-electron chi connectivity index (χ4n) is 2.19. The Hall–Kier alpha value is -0.120. The molecule has 1 atom stereocenters. The van der Waals surface area contributed by atoms with Crippen molar-refractivity contribution in [2.75, 3.05) is 13.2 Å². The lowest BCUT2D eigenvalue weighted by Gasteiger charge is -2.31. The average Bonchev–Trinajstić information content (AvgIpc) is 2.27. The van der Waals surface area contributed by atoms with Gasteiger partial charge in [0.05, 0.1) is 12.2 Å². The summed E-state index contributed by atoms with van der Waals surface area (Å²) in [5.74, 6) is 0.904. The smallest absolute Gasteiger partial charge is 0.0972 e. The third-order valence-corrected chi connectivity index (χ3v) is 3.54. The Kier molecular flexibility index (Phi) is 5.03. The van der Waals surface area contributed by atoms with Gasteiger partial charge in [-0.1, -0.05) is 13.3 Å². The molecule has 1 aliphatic rings. The summed E-state index contributed by atoms with van der Waals surface area (Å²) >= 11 is 0. The summed E-state index contributed by atoms with van der Waals surface area (Å²) in [5, 5.41) is 21.9. The molecule has 1 aliphatic carbocycles. The highest BCUT2D eigenvalue weighted by Crippen LogP contribution is 2.26. The molecule has 0 radical (unpaired) electrons. The molecule has 1 saturated carbocycles. The number of hydrogen-bond donors (Lipinski definition) is 3. The molecule has 0 aromatic rings. The topological polar surface area (TPSA) is 52.5 Å². The van der Waals surface area contributed by atoms with Crippen LogP contribution in [-0.2, 0) is 0 Å². The summed E-state index contributed by atoms with van der Waals surface area (Å²) in [5.41, 5.74) is -0.971. The molecule has 0 aromatic heterocycles. The van der Waals surface area contributed by atoms with Gasteiger partial charge >= 0.3 is 0 Å². The first kappa shape index (κ1) is 12.9. The van der Waals surface area contributed by atoms with Crippen molar-refractivity contribution in [2.24, 2.45) is 5.92 Å². The van der Waals surface area contributed by atoms with E-state index in [1.165, 1.54) is 32.1 Å². The highest BCUT2D eigenvalue weighted by molar-refractivity contribution is 4.81. The third kappa shape index (κ3) is 4.49. The Labute approximate surface area is 92.9 Å². The number of aliphatic hydroxyl groups is 2. The maximum atomic E-state index is 9.64. The first-order valence-corrected chi connectivity index (χ1v) is 6.14. The highest BCUT2D eigenvalue weighted by atomic mass is 16.3. The zero-order valence-electron chi connectivity index (χ0n) is 10.00. The summed E-state index contributed by atoms with van der Waals surface area (Å²) in [6.45, 7) is 4.24. The second-order valence-corrected chi connectivity index (χ2v) is 5.16. The van der Waals surface area contributed by atoms with Gasteiger partial charge in [-0.15, -0.1) is 0 Å². The van der Waals surface area contributed by atoms with Gasteiger partial charge in [0.25, 0.3) is 0 Å². The predicted molar refractivity (Wildman–Crippen MR) is 61.7 cm³/mol. The van der Waals surface area contributed by atoms with Gasteiger partial charge < -0.3 is 15.5 Å². The van der Waals surface area contributed by atoms with Crippen LogP contribution in [0, 0.1) is 5.92 Å². The standard InChI is InChI=1S/C12H25NO2/c1-3-10-4-6-11(7-5-10)13-8-12(2,15)9-14/h10-11,13-15H,3-9H2,1-2H3. The molecule has 0 aromatic carbocycles. The van der Waals surface area contributed by atoms with E-state index >= 15 is 0 Å². The lowest BCUT2D eigenvalue weighted by Crippen LogP contribution is -2.45. The maximum Gasteiger partial charge on any atom is 0.0972 e. The summed E-state index contributed by atoms with van der Waals surface area (Å²) in [4.78, 5) is 0.